The van der Waals surface area contributed by atoms with E-state index in [1.165, 1.54) is 24.4 Å². The number of nitrogens with one attached hydrogen (secondary N) is 1. The van der Waals surface area contributed by atoms with Gasteiger partial charge in [0, 0.05) is 5.56 Å². The third-order valence-electron chi connectivity index (χ3n) is 3.19. The van der Waals surface area contributed by atoms with Crippen molar-refractivity contribution >= 4 is 12.1 Å². The van der Waals surface area contributed by atoms with Crippen molar-refractivity contribution in [2.24, 2.45) is 5.10 Å². The molecule has 0 aliphatic carbocycles. The molecule has 0 aromatic heterocycles. The molecule has 0 spiro atoms. The fourth-order valence-electron chi connectivity index (χ4n) is 2.03. The molecule has 23 heavy (non-hydrogen) atoms. The van der Waals surface area contributed by atoms with Crippen LogP contribution in [0.25, 0.3) is 0 Å². The molecule has 1 heterocycles. The smallest absolute Gasteiger partial charge is 0.284 e. The van der Waals surface area contributed by atoms with E-state index in [9.17, 15) is 15.0 Å². The van der Waals surface area contributed by atoms with Gasteiger partial charge in [-0.1, -0.05) is 12.1 Å². The first-order valence-electron chi connectivity index (χ1n) is 6.87. The molecule has 1 aliphatic heterocycles. The molecule has 118 valence electrons. The lowest BCUT2D eigenvalue weighted by atomic mass is 10.2. The number of hydrogen-bond donors (Lipinski definition) is 3. The molecular weight excluding hydrogens is 300 g/mol. The number of phenolic OH excluding ortho intramolecular Hbond substituents is 2. The SMILES string of the molecule is O=C(NN=Cc1cc(O)ccc1O)[C@@H]1COc2ccccc2O1. The van der Waals surface area contributed by atoms with Crippen molar-refractivity contribution in [2.45, 2.75) is 6.10 Å². The van der Waals surface area contributed by atoms with E-state index >= 15 is 0 Å². The van der Waals surface area contributed by atoms with Crippen LogP contribution in [-0.2, 0) is 4.79 Å². The highest BCUT2D eigenvalue weighted by Gasteiger charge is 2.26. The monoisotopic (exact) mass is 314 g/mol. The number of carbonyl (C=O) groups excluding carboxylic acids is 1. The summed E-state index contributed by atoms with van der Waals surface area (Å²) < 4.78 is 11.0. The lowest BCUT2D eigenvalue weighted by Gasteiger charge is -2.24. The Morgan fingerprint density at radius 1 is 1.22 bits per heavy atom. The lowest BCUT2D eigenvalue weighted by Crippen LogP contribution is -2.42. The molecule has 0 radical (unpaired) electrons. The highest BCUT2D eigenvalue weighted by atomic mass is 16.6. The molecule has 0 bridgehead atoms. The number of hydrazone groups is 1. The minimum atomic E-state index is -0.820. The second-order valence-corrected chi connectivity index (χ2v) is 4.84. The normalized spacial score (nSPS) is 16.3. The van der Waals surface area contributed by atoms with Gasteiger partial charge in [0.1, 0.15) is 18.1 Å². The molecule has 3 N–H and O–H groups in total. The van der Waals surface area contributed by atoms with Crippen molar-refractivity contribution in [3.05, 3.63) is 48.0 Å². The zero-order valence-electron chi connectivity index (χ0n) is 12.0. The van der Waals surface area contributed by atoms with E-state index in [1.54, 1.807) is 18.2 Å². The van der Waals surface area contributed by atoms with Crippen LogP contribution in [0.5, 0.6) is 23.0 Å². The van der Waals surface area contributed by atoms with Crippen molar-refractivity contribution in [3.63, 3.8) is 0 Å². The number of aromatic hydroxyl groups is 2. The van der Waals surface area contributed by atoms with Crippen LogP contribution in [0.4, 0.5) is 0 Å². The van der Waals surface area contributed by atoms with Crippen molar-refractivity contribution < 1.29 is 24.5 Å². The number of carbonyl (C=O) groups is 1. The van der Waals surface area contributed by atoms with E-state index in [-0.39, 0.29) is 23.7 Å². The van der Waals surface area contributed by atoms with Crippen molar-refractivity contribution in [2.75, 3.05) is 6.61 Å². The summed E-state index contributed by atoms with van der Waals surface area (Å²) in [6, 6.07) is 11.1. The van der Waals surface area contributed by atoms with E-state index in [0.717, 1.165) is 0 Å². The minimum absolute atomic E-state index is 0.0174. The summed E-state index contributed by atoms with van der Waals surface area (Å²) in [6.07, 6.45) is 0.407. The third-order valence-corrected chi connectivity index (χ3v) is 3.19. The second-order valence-electron chi connectivity index (χ2n) is 4.84. The van der Waals surface area contributed by atoms with Crippen LogP contribution in [-0.4, -0.2) is 35.0 Å². The van der Waals surface area contributed by atoms with Gasteiger partial charge in [0.2, 0.25) is 6.10 Å². The molecule has 3 rings (SSSR count). The van der Waals surface area contributed by atoms with Gasteiger partial charge in [0.25, 0.3) is 5.91 Å². The van der Waals surface area contributed by atoms with Gasteiger partial charge in [-0.2, -0.15) is 5.10 Å². The molecule has 0 fully saturated rings. The molecule has 0 saturated heterocycles. The molecule has 7 heteroatoms. The number of rotatable bonds is 3. The zero-order valence-corrected chi connectivity index (χ0v) is 12.0. The molecule has 1 amide bonds. The molecule has 2 aromatic carbocycles. The maximum absolute atomic E-state index is 12.0. The first-order chi connectivity index (χ1) is 11.1. The topological polar surface area (TPSA) is 100 Å². The highest BCUT2D eigenvalue weighted by molar-refractivity contribution is 5.87. The zero-order chi connectivity index (χ0) is 16.2. The largest absolute Gasteiger partial charge is 0.508 e. The van der Waals surface area contributed by atoms with Gasteiger partial charge in [0.05, 0.1) is 6.21 Å². The van der Waals surface area contributed by atoms with E-state index in [0.29, 0.717) is 11.5 Å². The summed E-state index contributed by atoms with van der Waals surface area (Å²) in [4.78, 5) is 12.0. The number of hydrogen-bond acceptors (Lipinski definition) is 6. The average molecular weight is 314 g/mol. The van der Waals surface area contributed by atoms with Crippen LogP contribution < -0.4 is 14.9 Å². The van der Waals surface area contributed by atoms with E-state index in [1.807, 2.05) is 6.07 Å². The van der Waals surface area contributed by atoms with Gasteiger partial charge in [-0.15, -0.1) is 0 Å². The Morgan fingerprint density at radius 2 is 2.00 bits per heavy atom. The van der Waals surface area contributed by atoms with Crippen molar-refractivity contribution in [3.8, 4) is 23.0 Å². The first kappa shape index (κ1) is 14.7. The molecule has 7 nitrogen and oxygen atoms in total. The number of nitrogens with zero attached hydrogens (tertiary/aromatic N) is 1. The molecule has 0 saturated carbocycles. The molecule has 1 aliphatic rings. The summed E-state index contributed by atoms with van der Waals surface area (Å²) in [6.45, 7) is 0.0791. The number of amides is 1. The second kappa shape index (κ2) is 6.27. The first-order valence-corrected chi connectivity index (χ1v) is 6.87. The van der Waals surface area contributed by atoms with Gasteiger partial charge in [-0.3, -0.25) is 4.79 Å². The van der Waals surface area contributed by atoms with E-state index in [2.05, 4.69) is 10.5 Å². The highest BCUT2D eigenvalue weighted by Crippen LogP contribution is 2.30. The Balaban J connectivity index is 1.62. The molecule has 0 unspecified atom stereocenters. The fraction of sp³-hybridized carbons (Fsp3) is 0.125. The Labute approximate surface area is 131 Å². The number of phenols is 2. The van der Waals surface area contributed by atoms with Crippen molar-refractivity contribution in [1.29, 1.82) is 0 Å². The maximum atomic E-state index is 12.0. The van der Waals surface area contributed by atoms with E-state index in [4.69, 9.17) is 9.47 Å². The third kappa shape index (κ3) is 3.34. The molecule has 2 aromatic rings. The minimum Gasteiger partial charge on any atom is -0.508 e. The summed E-state index contributed by atoms with van der Waals surface area (Å²) in [7, 11) is 0. The Kier molecular flexibility index (Phi) is 4.01. The van der Waals surface area contributed by atoms with Crippen LogP contribution in [0.2, 0.25) is 0 Å². The number of fused-ring (bicyclic) bond motifs is 1. The molecule has 1 atom stereocenters. The maximum Gasteiger partial charge on any atom is 0.284 e. The van der Waals surface area contributed by atoms with Crippen LogP contribution in [0.15, 0.2) is 47.6 Å². The van der Waals surface area contributed by atoms with Gasteiger partial charge in [-0.05, 0) is 30.3 Å². The summed E-state index contributed by atoms with van der Waals surface area (Å²) in [5, 5.41) is 22.7. The summed E-state index contributed by atoms with van der Waals surface area (Å²) in [5.41, 5.74) is 2.59. The Bertz CT molecular complexity index is 760. The predicted molar refractivity (Wildman–Crippen MR) is 81.9 cm³/mol. The van der Waals surface area contributed by atoms with E-state index < -0.39 is 12.0 Å². The van der Waals surface area contributed by atoms with Crippen LogP contribution in [0, 0.1) is 0 Å². The van der Waals surface area contributed by atoms with Crippen LogP contribution >= 0.6 is 0 Å². The van der Waals surface area contributed by atoms with Gasteiger partial charge in [0.15, 0.2) is 11.5 Å². The number of benzene rings is 2. The lowest BCUT2D eigenvalue weighted by molar-refractivity contribution is -0.130. The fourth-order valence-corrected chi connectivity index (χ4v) is 2.03. The summed E-state index contributed by atoms with van der Waals surface area (Å²) >= 11 is 0. The van der Waals surface area contributed by atoms with Gasteiger partial charge >= 0.3 is 0 Å². The quantitative estimate of drug-likeness (QED) is 0.451. The van der Waals surface area contributed by atoms with Gasteiger partial charge in [-0.25, -0.2) is 5.43 Å². The van der Waals surface area contributed by atoms with Crippen LogP contribution in [0.3, 0.4) is 0 Å². The number of ether oxygens (including phenoxy) is 2. The number of para-hydroxylation sites is 2. The Morgan fingerprint density at radius 3 is 2.83 bits per heavy atom. The average Bonchev–Trinajstić information content (AvgIpc) is 2.57. The standard InChI is InChI=1S/C16H14N2O5/c19-11-5-6-12(20)10(7-11)8-17-18-16(21)15-9-22-13-3-1-2-4-14(13)23-15/h1-8,15,19-20H,9H2,(H,18,21)/t15-/m0/s1. The predicted octanol–water partition coefficient (Wildman–Crippen LogP) is 1.39. The molecular formula is C16H14N2O5. The van der Waals surface area contributed by atoms with Crippen molar-refractivity contribution in [1.82, 2.24) is 5.43 Å². The van der Waals surface area contributed by atoms with Crippen LogP contribution in [0.1, 0.15) is 5.56 Å². The summed E-state index contributed by atoms with van der Waals surface area (Å²) in [5.74, 6) is 0.525. The Hall–Kier alpha value is -3.22. The van der Waals surface area contributed by atoms with Gasteiger partial charge < -0.3 is 19.7 Å².